The molecule has 6 nitrogen and oxygen atoms in total. The average Bonchev–Trinajstić information content (AvgIpc) is 2.92. The maximum absolute atomic E-state index is 13.9. The number of ether oxygens (including phenoxy) is 1. The first-order chi connectivity index (χ1) is 17.5. The van der Waals surface area contributed by atoms with Crippen molar-refractivity contribution in [2.45, 2.75) is 5.54 Å². The normalized spacial score (nSPS) is 14.0. The molecule has 0 bridgehead atoms. The Hall–Kier alpha value is -4.45. The predicted molar refractivity (Wildman–Crippen MR) is 148 cm³/mol. The Labute approximate surface area is 212 Å². The Bertz CT molecular complexity index is 1320. The molecule has 4 aromatic rings. The highest BCUT2D eigenvalue weighted by molar-refractivity contribution is 5.96. The van der Waals surface area contributed by atoms with Crippen LogP contribution in [0.4, 0.5) is 27.5 Å². The summed E-state index contributed by atoms with van der Waals surface area (Å²) in [5.74, 6) is 0.550. The Morgan fingerprint density at radius 3 is 1.81 bits per heavy atom. The van der Waals surface area contributed by atoms with Gasteiger partial charge < -0.3 is 20.3 Å². The number of para-hydroxylation sites is 1. The van der Waals surface area contributed by atoms with Crippen LogP contribution in [0, 0.1) is 0 Å². The van der Waals surface area contributed by atoms with Gasteiger partial charge >= 0.3 is 6.09 Å². The lowest BCUT2D eigenvalue weighted by molar-refractivity contribution is 0.195. The molecule has 0 atom stereocenters. The van der Waals surface area contributed by atoms with Crippen molar-refractivity contribution < 1.29 is 9.53 Å². The Kier molecular flexibility index (Phi) is 6.02. The molecule has 182 valence electrons. The lowest BCUT2D eigenvalue weighted by Gasteiger charge is -2.48. The van der Waals surface area contributed by atoms with Crippen LogP contribution in [0.25, 0.3) is 0 Å². The van der Waals surface area contributed by atoms with Crippen molar-refractivity contribution in [1.29, 1.82) is 0 Å². The molecule has 5 rings (SSSR count). The molecule has 36 heavy (non-hydrogen) atoms. The van der Waals surface area contributed by atoms with Crippen molar-refractivity contribution in [2.75, 3.05) is 48.6 Å². The average molecular weight is 479 g/mol. The number of amides is 1. The molecule has 2 N–H and O–H groups in total. The van der Waals surface area contributed by atoms with E-state index in [9.17, 15) is 4.79 Å². The molecule has 0 saturated heterocycles. The van der Waals surface area contributed by atoms with Crippen molar-refractivity contribution in [2.24, 2.45) is 0 Å². The number of anilines is 4. The molecule has 1 heterocycles. The third kappa shape index (κ3) is 3.71. The summed E-state index contributed by atoms with van der Waals surface area (Å²) < 4.78 is 6.01. The van der Waals surface area contributed by atoms with E-state index >= 15 is 0 Å². The SMILES string of the molecule is CNc1ccc(C2(c3ccc(NC)cc3)c3ccc(N(C)C)cc3OC(=O)N2c2ccccc2)cc1. The highest BCUT2D eigenvalue weighted by Crippen LogP contribution is 2.51. The monoisotopic (exact) mass is 478 g/mol. The highest BCUT2D eigenvalue weighted by atomic mass is 16.6. The van der Waals surface area contributed by atoms with E-state index in [1.54, 1.807) is 4.90 Å². The van der Waals surface area contributed by atoms with Crippen molar-refractivity contribution in [3.63, 3.8) is 0 Å². The number of hydrogen-bond acceptors (Lipinski definition) is 5. The summed E-state index contributed by atoms with van der Waals surface area (Å²) >= 11 is 0. The minimum Gasteiger partial charge on any atom is -0.409 e. The van der Waals surface area contributed by atoms with Gasteiger partial charge in [0.1, 0.15) is 11.3 Å². The minimum absolute atomic E-state index is 0.431. The van der Waals surface area contributed by atoms with E-state index in [0.29, 0.717) is 5.75 Å². The molecule has 1 aliphatic heterocycles. The van der Waals surface area contributed by atoms with Crippen LogP contribution < -0.4 is 25.2 Å². The summed E-state index contributed by atoms with van der Waals surface area (Å²) in [5, 5.41) is 6.39. The van der Waals surface area contributed by atoms with Gasteiger partial charge in [-0.05, 0) is 53.6 Å². The number of benzene rings is 4. The zero-order valence-electron chi connectivity index (χ0n) is 20.9. The largest absolute Gasteiger partial charge is 0.421 e. The Morgan fingerprint density at radius 2 is 1.31 bits per heavy atom. The lowest BCUT2D eigenvalue weighted by atomic mass is 9.74. The van der Waals surface area contributed by atoms with Crippen LogP contribution in [0.2, 0.25) is 0 Å². The number of hydrogen-bond donors (Lipinski definition) is 2. The fourth-order valence-electron chi connectivity index (χ4n) is 4.94. The molecular formula is C30H30N4O2. The van der Waals surface area contributed by atoms with Gasteiger partial charge in [-0.25, -0.2) is 4.79 Å². The van der Waals surface area contributed by atoms with E-state index < -0.39 is 11.6 Å². The van der Waals surface area contributed by atoms with Crippen LogP contribution >= 0.6 is 0 Å². The molecule has 4 aromatic carbocycles. The number of rotatable bonds is 6. The fraction of sp³-hybridized carbons (Fsp3) is 0.167. The van der Waals surface area contributed by atoms with Gasteiger partial charge in [0, 0.05) is 62.6 Å². The summed E-state index contributed by atoms with van der Waals surface area (Å²) in [5.41, 5.74) is 5.54. The number of nitrogens with zero attached hydrogens (tertiary/aromatic N) is 2. The van der Waals surface area contributed by atoms with Crippen LogP contribution in [0.1, 0.15) is 16.7 Å². The second kappa shape index (κ2) is 9.30. The molecule has 0 aliphatic carbocycles. The van der Waals surface area contributed by atoms with Gasteiger partial charge in [0.15, 0.2) is 0 Å². The molecule has 0 fully saturated rings. The number of carbonyl (C=O) groups excluding carboxylic acids is 1. The quantitative estimate of drug-likeness (QED) is 0.348. The second-order valence-electron chi connectivity index (χ2n) is 8.98. The summed E-state index contributed by atoms with van der Waals surface area (Å²) in [6.07, 6.45) is -0.431. The van der Waals surface area contributed by atoms with Gasteiger partial charge in [0.25, 0.3) is 0 Å². The summed E-state index contributed by atoms with van der Waals surface area (Å²) in [6.45, 7) is 0. The van der Waals surface area contributed by atoms with Crippen LogP contribution in [-0.4, -0.2) is 34.3 Å². The van der Waals surface area contributed by atoms with E-state index in [1.165, 1.54) is 0 Å². The molecule has 0 spiro atoms. The smallest absolute Gasteiger partial charge is 0.409 e. The molecular weight excluding hydrogens is 448 g/mol. The fourth-order valence-corrected chi connectivity index (χ4v) is 4.94. The van der Waals surface area contributed by atoms with Crippen LogP contribution in [-0.2, 0) is 5.54 Å². The molecule has 1 amide bonds. The van der Waals surface area contributed by atoms with Crippen molar-refractivity contribution >= 4 is 28.8 Å². The molecule has 6 heteroatoms. The zero-order valence-corrected chi connectivity index (χ0v) is 20.9. The van der Waals surface area contributed by atoms with E-state index in [1.807, 2.05) is 93.8 Å². The maximum Gasteiger partial charge on any atom is 0.421 e. The summed E-state index contributed by atoms with van der Waals surface area (Å²) in [4.78, 5) is 17.7. The van der Waals surface area contributed by atoms with Crippen LogP contribution in [0.15, 0.2) is 97.1 Å². The molecule has 0 aromatic heterocycles. The maximum atomic E-state index is 13.9. The van der Waals surface area contributed by atoms with Crippen molar-refractivity contribution in [3.05, 3.63) is 114 Å². The summed E-state index contributed by atoms with van der Waals surface area (Å²) in [7, 11) is 7.74. The second-order valence-corrected chi connectivity index (χ2v) is 8.98. The lowest BCUT2D eigenvalue weighted by Crippen LogP contribution is -2.55. The van der Waals surface area contributed by atoms with Gasteiger partial charge in [-0.15, -0.1) is 0 Å². The molecule has 1 aliphatic rings. The van der Waals surface area contributed by atoms with E-state index in [4.69, 9.17) is 4.74 Å². The van der Waals surface area contributed by atoms with Crippen LogP contribution in [0.5, 0.6) is 5.75 Å². The third-order valence-electron chi connectivity index (χ3n) is 6.78. The standard InChI is InChI=1S/C30H30N4O2/c1-31-23-14-10-21(11-15-23)30(22-12-16-24(32-2)17-13-22)27-19-18-26(33(3)4)20-28(27)36-29(35)34(30)25-8-6-5-7-9-25/h5-20,31-32H,1-4H3. The van der Waals surface area contributed by atoms with E-state index in [0.717, 1.165) is 39.4 Å². The van der Waals surface area contributed by atoms with Gasteiger partial charge in [0.2, 0.25) is 0 Å². The van der Waals surface area contributed by atoms with Gasteiger partial charge in [0.05, 0.1) is 0 Å². The number of fused-ring (bicyclic) bond motifs is 1. The Balaban J connectivity index is 1.89. The van der Waals surface area contributed by atoms with Gasteiger partial charge in [-0.2, -0.15) is 0 Å². The number of carbonyl (C=O) groups is 1. The first-order valence-electron chi connectivity index (χ1n) is 11.9. The minimum atomic E-state index is -0.963. The zero-order chi connectivity index (χ0) is 25.3. The van der Waals surface area contributed by atoms with Crippen molar-refractivity contribution in [1.82, 2.24) is 0 Å². The van der Waals surface area contributed by atoms with E-state index in [-0.39, 0.29) is 0 Å². The van der Waals surface area contributed by atoms with Gasteiger partial charge in [-0.3, -0.25) is 4.90 Å². The number of nitrogens with one attached hydrogen (secondary N) is 2. The molecule has 0 radical (unpaired) electrons. The highest BCUT2D eigenvalue weighted by Gasteiger charge is 2.51. The molecule has 0 unspecified atom stereocenters. The topological polar surface area (TPSA) is 56.8 Å². The van der Waals surface area contributed by atoms with E-state index in [2.05, 4.69) is 47.0 Å². The van der Waals surface area contributed by atoms with Crippen LogP contribution in [0.3, 0.4) is 0 Å². The first-order valence-corrected chi connectivity index (χ1v) is 11.9. The van der Waals surface area contributed by atoms with Crippen molar-refractivity contribution in [3.8, 4) is 5.75 Å². The first kappa shape index (κ1) is 23.3. The third-order valence-corrected chi connectivity index (χ3v) is 6.78. The van der Waals surface area contributed by atoms with Gasteiger partial charge in [-0.1, -0.05) is 48.5 Å². The summed E-state index contributed by atoms with van der Waals surface area (Å²) in [6, 6.07) is 32.3. The molecule has 0 saturated carbocycles. The predicted octanol–water partition coefficient (Wildman–Crippen LogP) is 6.15. The Morgan fingerprint density at radius 1 is 0.750 bits per heavy atom.